The Morgan fingerprint density at radius 1 is 1.53 bits per heavy atom. The van der Waals surface area contributed by atoms with Crippen molar-refractivity contribution in [2.75, 3.05) is 24.1 Å². The third-order valence-corrected chi connectivity index (χ3v) is 2.46. The van der Waals surface area contributed by atoms with Gasteiger partial charge in [0.25, 0.3) is 5.91 Å². The first-order chi connectivity index (χ1) is 8.66. The number of hydrogen-bond acceptors (Lipinski definition) is 4. The average Bonchev–Trinajstić information content (AvgIpc) is 2.94. The number of imidazole rings is 1. The van der Waals surface area contributed by atoms with Gasteiger partial charge in [0, 0.05) is 38.7 Å². The number of rotatable bonds is 5. The van der Waals surface area contributed by atoms with Crippen molar-refractivity contribution in [1.29, 1.82) is 0 Å². The summed E-state index contributed by atoms with van der Waals surface area (Å²) in [6.45, 7) is 1.10. The molecule has 0 saturated heterocycles. The zero-order valence-corrected chi connectivity index (χ0v) is 11.3. The lowest BCUT2D eigenvalue weighted by Crippen LogP contribution is -2.30. The van der Waals surface area contributed by atoms with E-state index >= 15 is 0 Å². The minimum absolute atomic E-state index is 0. The van der Waals surface area contributed by atoms with Crippen molar-refractivity contribution in [1.82, 2.24) is 19.9 Å². The standard InChI is InChI=1S/C11H16N6O.ClH/c1-17-7-8(12)6-9(17)10(18)13-2-3-14-11-15-4-5-16-11;/h4-7H,2-3,12H2,1H3,(H,13,18)(H2,14,15,16);1H. The lowest BCUT2D eigenvalue weighted by Gasteiger charge is -2.06. The van der Waals surface area contributed by atoms with Crippen molar-refractivity contribution in [3.8, 4) is 0 Å². The van der Waals surface area contributed by atoms with Gasteiger partial charge in [0.2, 0.25) is 0 Å². The molecule has 2 aromatic heterocycles. The number of nitrogens with two attached hydrogens (primary N) is 1. The highest BCUT2D eigenvalue weighted by Gasteiger charge is 2.09. The third-order valence-electron chi connectivity index (χ3n) is 2.46. The number of nitrogens with one attached hydrogen (secondary N) is 3. The number of aromatic nitrogens is 3. The Bertz CT molecular complexity index is 521. The number of hydrogen-bond donors (Lipinski definition) is 4. The van der Waals surface area contributed by atoms with Crippen molar-refractivity contribution < 1.29 is 4.79 Å². The summed E-state index contributed by atoms with van der Waals surface area (Å²) < 4.78 is 1.70. The fourth-order valence-corrected chi connectivity index (χ4v) is 1.63. The van der Waals surface area contributed by atoms with Gasteiger partial charge in [0.1, 0.15) is 5.69 Å². The molecule has 1 amide bonds. The highest BCUT2D eigenvalue weighted by molar-refractivity contribution is 5.93. The van der Waals surface area contributed by atoms with Crippen LogP contribution in [0.25, 0.3) is 0 Å². The number of nitrogen functional groups attached to an aromatic ring is 1. The number of aromatic amines is 1. The van der Waals surface area contributed by atoms with Crippen LogP contribution in [0.4, 0.5) is 11.6 Å². The van der Waals surface area contributed by atoms with Crippen LogP contribution in [0.15, 0.2) is 24.7 Å². The molecule has 0 atom stereocenters. The van der Waals surface area contributed by atoms with Crippen LogP contribution in [0.2, 0.25) is 0 Å². The molecule has 0 aliphatic heterocycles. The van der Waals surface area contributed by atoms with Gasteiger partial charge < -0.3 is 25.9 Å². The monoisotopic (exact) mass is 284 g/mol. The summed E-state index contributed by atoms with van der Waals surface area (Å²) in [5.74, 6) is 0.544. The van der Waals surface area contributed by atoms with Crippen molar-refractivity contribution in [3.63, 3.8) is 0 Å². The van der Waals surface area contributed by atoms with E-state index in [4.69, 9.17) is 5.73 Å². The SMILES string of the molecule is Cl.Cn1cc(N)cc1C(=O)NCCNc1ncc[nH]1. The van der Waals surface area contributed by atoms with Crippen molar-refractivity contribution >= 4 is 29.9 Å². The molecule has 0 unspecified atom stereocenters. The van der Waals surface area contributed by atoms with E-state index in [0.717, 1.165) is 0 Å². The molecule has 19 heavy (non-hydrogen) atoms. The molecular weight excluding hydrogens is 268 g/mol. The Balaban J connectivity index is 0.00000180. The van der Waals surface area contributed by atoms with Gasteiger partial charge in [-0.25, -0.2) is 4.98 Å². The largest absolute Gasteiger partial charge is 0.397 e. The summed E-state index contributed by atoms with van der Waals surface area (Å²) in [4.78, 5) is 18.7. The summed E-state index contributed by atoms with van der Waals surface area (Å²) in [5.41, 5.74) is 6.74. The number of nitrogens with zero attached hydrogens (tertiary/aromatic N) is 2. The Kier molecular flexibility index (Phi) is 5.25. The zero-order valence-electron chi connectivity index (χ0n) is 10.5. The molecular formula is C11H17ClN6O. The minimum atomic E-state index is -0.143. The second-order valence-corrected chi connectivity index (χ2v) is 3.89. The fourth-order valence-electron chi connectivity index (χ4n) is 1.63. The number of halogens is 1. The topological polar surface area (TPSA) is 101 Å². The van der Waals surface area contributed by atoms with Crippen molar-refractivity contribution in [3.05, 3.63) is 30.4 Å². The lowest BCUT2D eigenvalue weighted by molar-refractivity contribution is 0.0947. The van der Waals surface area contributed by atoms with Crippen LogP contribution in [-0.2, 0) is 7.05 Å². The second-order valence-electron chi connectivity index (χ2n) is 3.89. The van der Waals surface area contributed by atoms with E-state index in [9.17, 15) is 4.79 Å². The van der Waals surface area contributed by atoms with E-state index in [-0.39, 0.29) is 18.3 Å². The summed E-state index contributed by atoms with van der Waals surface area (Å²) in [5, 5.41) is 5.83. The van der Waals surface area contributed by atoms with Gasteiger partial charge in [0.15, 0.2) is 5.95 Å². The molecule has 104 valence electrons. The van der Waals surface area contributed by atoms with Crippen molar-refractivity contribution in [2.24, 2.45) is 7.05 Å². The molecule has 8 heteroatoms. The summed E-state index contributed by atoms with van der Waals surface area (Å²) >= 11 is 0. The Labute approximate surface area is 117 Å². The predicted octanol–water partition coefficient (Wildman–Crippen LogP) is 0.594. The first-order valence-corrected chi connectivity index (χ1v) is 5.60. The summed E-state index contributed by atoms with van der Waals surface area (Å²) in [7, 11) is 1.78. The Morgan fingerprint density at radius 3 is 2.89 bits per heavy atom. The predicted molar refractivity (Wildman–Crippen MR) is 76.5 cm³/mol. The summed E-state index contributed by atoms with van der Waals surface area (Å²) in [6.07, 6.45) is 5.09. The minimum Gasteiger partial charge on any atom is -0.397 e. The maximum atomic E-state index is 11.8. The molecule has 0 saturated carbocycles. The van der Waals surface area contributed by atoms with Crippen LogP contribution in [0.3, 0.4) is 0 Å². The molecule has 0 bridgehead atoms. The molecule has 7 nitrogen and oxygen atoms in total. The molecule has 2 heterocycles. The molecule has 2 rings (SSSR count). The van der Waals surface area contributed by atoms with E-state index in [2.05, 4.69) is 20.6 Å². The van der Waals surface area contributed by atoms with E-state index in [1.54, 1.807) is 36.3 Å². The Morgan fingerprint density at radius 2 is 2.32 bits per heavy atom. The molecule has 0 aromatic carbocycles. The molecule has 2 aromatic rings. The Hall–Kier alpha value is -2.15. The quantitative estimate of drug-likeness (QED) is 0.604. The molecule has 0 spiro atoms. The maximum absolute atomic E-state index is 11.8. The van der Waals surface area contributed by atoms with Crippen LogP contribution in [-0.4, -0.2) is 33.5 Å². The molecule has 0 fully saturated rings. The highest BCUT2D eigenvalue weighted by Crippen LogP contribution is 2.07. The summed E-state index contributed by atoms with van der Waals surface area (Å²) in [6, 6.07) is 1.65. The van der Waals surface area contributed by atoms with Crippen molar-refractivity contribution in [2.45, 2.75) is 0 Å². The van der Waals surface area contributed by atoms with E-state index in [1.807, 2.05) is 0 Å². The number of anilines is 2. The number of aryl methyl sites for hydroxylation is 1. The van der Waals surface area contributed by atoms with Crippen LogP contribution in [0.1, 0.15) is 10.5 Å². The molecule has 0 radical (unpaired) electrons. The van der Waals surface area contributed by atoms with Gasteiger partial charge in [-0.2, -0.15) is 0 Å². The van der Waals surface area contributed by atoms with Crippen LogP contribution in [0.5, 0.6) is 0 Å². The van der Waals surface area contributed by atoms with E-state index in [0.29, 0.717) is 30.4 Å². The zero-order chi connectivity index (χ0) is 13.0. The first kappa shape index (κ1) is 14.9. The van der Waals surface area contributed by atoms with Crippen LogP contribution < -0.4 is 16.4 Å². The van der Waals surface area contributed by atoms with Gasteiger partial charge in [-0.1, -0.05) is 0 Å². The van der Waals surface area contributed by atoms with Gasteiger partial charge in [-0.3, -0.25) is 4.79 Å². The third kappa shape index (κ3) is 3.92. The molecule has 5 N–H and O–H groups in total. The normalized spacial score (nSPS) is 9.74. The maximum Gasteiger partial charge on any atom is 0.268 e. The van der Waals surface area contributed by atoms with E-state index in [1.165, 1.54) is 0 Å². The molecule has 0 aliphatic rings. The van der Waals surface area contributed by atoms with Gasteiger partial charge in [0.05, 0.1) is 5.69 Å². The number of H-pyrrole nitrogens is 1. The van der Waals surface area contributed by atoms with E-state index < -0.39 is 0 Å². The first-order valence-electron chi connectivity index (χ1n) is 5.60. The fraction of sp³-hybridized carbons (Fsp3) is 0.273. The van der Waals surface area contributed by atoms with Crippen LogP contribution >= 0.6 is 12.4 Å². The van der Waals surface area contributed by atoms with Crippen LogP contribution in [0, 0.1) is 0 Å². The number of carbonyl (C=O) groups excluding carboxylic acids is 1. The number of carbonyl (C=O) groups is 1. The lowest BCUT2D eigenvalue weighted by atomic mass is 10.4. The second kappa shape index (κ2) is 6.69. The van der Waals surface area contributed by atoms with Gasteiger partial charge >= 0.3 is 0 Å². The number of amides is 1. The average molecular weight is 285 g/mol. The smallest absolute Gasteiger partial charge is 0.268 e. The molecule has 0 aliphatic carbocycles. The highest BCUT2D eigenvalue weighted by atomic mass is 35.5. The van der Waals surface area contributed by atoms with Gasteiger partial charge in [-0.15, -0.1) is 12.4 Å². The van der Waals surface area contributed by atoms with Gasteiger partial charge in [-0.05, 0) is 6.07 Å².